The van der Waals surface area contributed by atoms with Crippen LogP contribution in [0.25, 0.3) is 6.08 Å². The predicted molar refractivity (Wildman–Crippen MR) is 125 cm³/mol. The second kappa shape index (κ2) is 10.0. The van der Waals surface area contributed by atoms with Crippen LogP contribution in [0.5, 0.6) is 0 Å². The normalized spacial score (nSPS) is 20.9. The molecule has 2 aromatic rings. The topological polar surface area (TPSA) is 53.2 Å². The molecule has 0 aromatic carbocycles. The van der Waals surface area contributed by atoms with Crippen molar-refractivity contribution in [3.05, 3.63) is 64.6 Å². The fraction of sp³-hybridized carbons (Fsp3) is 0.500. The average molecular weight is 406 g/mol. The van der Waals surface area contributed by atoms with Gasteiger partial charge < -0.3 is 14.7 Å². The van der Waals surface area contributed by atoms with Crippen LogP contribution >= 0.6 is 0 Å². The van der Waals surface area contributed by atoms with Crippen LogP contribution in [0.1, 0.15) is 93.3 Å². The van der Waals surface area contributed by atoms with E-state index in [2.05, 4.69) is 29.0 Å². The van der Waals surface area contributed by atoms with Crippen molar-refractivity contribution in [2.45, 2.75) is 77.0 Å². The molecular weight excluding hydrogens is 370 g/mol. The third-order valence-corrected chi connectivity index (χ3v) is 6.43. The molecule has 0 fully saturated rings. The molecule has 0 saturated carbocycles. The van der Waals surface area contributed by atoms with Crippen LogP contribution in [0.2, 0.25) is 0 Å². The monoisotopic (exact) mass is 405 g/mol. The fourth-order valence-electron chi connectivity index (χ4n) is 4.79. The molecule has 4 rings (SSSR count). The quantitative estimate of drug-likeness (QED) is 0.484. The average Bonchev–Trinajstić information content (AvgIpc) is 3.49. The number of allylic oxidation sites excluding steroid dienone is 1. The van der Waals surface area contributed by atoms with Crippen LogP contribution < -0.4 is 0 Å². The Hall–Kier alpha value is -2.49. The van der Waals surface area contributed by atoms with Gasteiger partial charge >= 0.3 is 0 Å². The van der Waals surface area contributed by atoms with Crippen LogP contribution in [-0.2, 0) is 11.2 Å². The number of hydrogen-bond acceptors (Lipinski definition) is 2. The molecule has 4 nitrogen and oxygen atoms in total. The highest BCUT2D eigenvalue weighted by atomic mass is 16.5. The van der Waals surface area contributed by atoms with E-state index in [1.165, 1.54) is 63.5 Å². The van der Waals surface area contributed by atoms with Crippen LogP contribution in [0.4, 0.5) is 0 Å². The number of aromatic nitrogens is 2. The summed E-state index contributed by atoms with van der Waals surface area (Å²) in [6, 6.07) is 6.42. The predicted octanol–water partition coefficient (Wildman–Crippen LogP) is 6.89. The van der Waals surface area contributed by atoms with E-state index in [1.807, 2.05) is 24.4 Å². The van der Waals surface area contributed by atoms with E-state index < -0.39 is 0 Å². The molecule has 0 amide bonds. The molecule has 4 heteroatoms. The minimum Gasteiger partial charge on any atom is -0.494 e. The Labute approximate surface area is 180 Å². The smallest absolute Gasteiger partial charge is 0.146 e. The maximum absolute atomic E-state index is 5.62. The number of aromatic amines is 2. The number of H-pyrrole nitrogens is 2. The van der Waals surface area contributed by atoms with Crippen molar-refractivity contribution in [1.82, 2.24) is 9.97 Å². The van der Waals surface area contributed by atoms with Crippen LogP contribution in [0.15, 0.2) is 46.9 Å². The molecule has 0 radical (unpaired) electrons. The summed E-state index contributed by atoms with van der Waals surface area (Å²) in [4.78, 5) is 11.8. The highest BCUT2D eigenvalue weighted by molar-refractivity contribution is 6.11. The van der Waals surface area contributed by atoms with Gasteiger partial charge in [0.05, 0.1) is 18.5 Å². The molecule has 160 valence electrons. The summed E-state index contributed by atoms with van der Waals surface area (Å²) < 4.78 is 5.62. The van der Waals surface area contributed by atoms with E-state index in [4.69, 9.17) is 9.73 Å². The summed E-state index contributed by atoms with van der Waals surface area (Å²) in [6.07, 6.45) is 19.2. The van der Waals surface area contributed by atoms with Gasteiger partial charge in [-0.1, -0.05) is 45.4 Å². The zero-order valence-electron chi connectivity index (χ0n) is 18.5. The summed E-state index contributed by atoms with van der Waals surface area (Å²) in [5.41, 5.74) is 6.96. The van der Waals surface area contributed by atoms with Gasteiger partial charge in [0, 0.05) is 23.7 Å². The van der Waals surface area contributed by atoms with Crippen molar-refractivity contribution in [2.75, 3.05) is 7.11 Å². The Morgan fingerprint density at radius 2 is 2.10 bits per heavy atom. The first-order chi connectivity index (χ1) is 14.8. The molecule has 2 aliphatic rings. The number of ether oxygens (including phenoxy) is 1. The number of hydrogen-bond donors (Lipinski definition) is 2. The van der Waals surface area contributed by atoms with Gasteiger partial charge in [0.1, 0.15) is 11.5 Å². The molecule has 0 saturated heterocycles. The highest BCUT2D eigenvalue weighted by Gasteiger charge is 2.21. The second-order valence-corrected chi connectivity index (χ2v) is 8.63. The molecule has 30 heavy (non-hydrogen) atoms. The minimum atomic E-state index is 0.687. The third-order valence-electron chi connectivity index (χ3n) is 6.43. The summed E-state index contributed by atoms with van der Waals surface area (Å²) in [5.74, 6) is 1.50. The highest BCUT2D eigenvalue weighted by Crippen LogP contribution is 2.35. The van der Waals surface area contributed by atoms with E-state index in [9.17, 15) is 0 Å². The maximum atomic E-state index is 5.62. The summed E-state index contributed by atoms with van der Waals surface area (Å²) in [6.45, 7) is 2.29. The Bertz CT molecular complexity index is 914. The lowest BCUT2D eigenvalue weighted by molar-refractivity contribution is 0.303. The van der Waals surface area contributed by atoms with Crippen molar-refractivity contribution >= 4 is 11.8 Å². The Balaban J connectivity index is 1.62. The molecule has 1 atom stereocenters. The number of unbranched alkanes of at least 4 members (excludes halogenated alkanes) is 2. The lowest BCUT2D eigenvalue weighted by Gasteiger charge is -2.16. The van der Waals surface area contributed by atoms with Crippen molar-refractivity contribution in [1.29, 1.82) is 0 Å². The maximum Gasteiger partial charge on any atom is 0.146 e. The standard InChI is InChI=1S/C26H35N3O/c1-3-4-7-11-19-12-8-5-6-9-13-22-21(19)16-20(28-22)17-25-26(30-2)18-24(29-25)23-14-10-15-27-23/h10,14-19,27-28H,3-9,11-13H2,1-2H3/b25-17-. The van der Waals surface area contributed by atoms with Crippen LogP contribution in [0.3, 0.4) is 0 Å². The number of aryl methyl sites for hydroxylation is 1. The van der Waals surface area contributed by atoms with Gasteiger partial charge in [-0.05, 0) is 61.4 Å². The van der Waals surface area contributed by atoms with E-state index >= 15 is 0 Å². The molecular formula is C26H35N3O. The minimum absolute atomic E-state index is 0.687. The lowest BCUT2D eigenvalue weighted by atomic mass is 9.88. The first kappa shape index (κ1) is 20.8. The largest absolute Gasteiger partial charge is 0.494 e. The summed E-state index contributed by atoms with van der Waals surface area (Å²) >= 11 is 0. The Morgan fingerprint density at radius 1 is 1.20 bits per heavy atom. The molecule has 2 N–H and O–H groups in total. The molecule has 2 aromatic heterocycles. The Morgan fingerprint density at radius 3 is 2.90 bits per heavy atom. The second-order valence-electron chi connectivity index (χ2n) is 8.63. The van der Waals surface area contributed by atoms with Gasteiger partial charge in [-0.3, -0.25) is 0 Å². The van der Waals surface area contributed by atoms with Crippen molar-refractivity contribution in [3.63, 3.8) is 0 Å². The van der Waals surface area contributed by atoms with Crippen molar-refractivity contribution in [2.24, 2.45) is 4.99 Å². The molecule has 0 spiro atoms. The SMILES string of the molecule is CCCCCC1CCCCCCc2[nH]c(/C=C3\N=C(c4ccc[nH]4)C=C3OC)cc21. The number of fused-ring (bicyclic) bond motifs is 1. The first-order valence-corrected chi connectivity index (χ1v) is 11.7. The van der Waals surface area contributed by atoms with Crippen molar-refractivity contribution in [3.8, 4) is 0 Å². The Kier molecular flexibility index (Phi) is 6.93. The van der Waals surface area contributed by atoms with Gasteiger partial charge in [-0.15, -0.1) is 0 Å². The van der Waals surface area contributed by atoms with Gasteiger partial charge in [0.25, 0.3) is 0 Å². The molecule has 1 aliphatic heterocycles. The van der Waals surface area contributed by atoms with E-state index in [0.717, 1.165) is 35.0 Å². The van der Waals surface area contributed by atoms with E-state index in [-0.39, 0.29) is 0 Å². The number of methoxy groups -OCH3 is 1. The zero-order valence-corrected chi connectivity index (χ0v) is 18.5. The molecule has 1 unspecified atom stereocenters. The fourth-order valence-corrected chi connectivity index (χ4v) is 4.79. The molecule has 3 heterocycles. The van der Waals surface area contributed by atoms with Crippen molar-refractivity contribution < 1.29 is 4.74 Å². The van der Waals surface area contributed by atoms with Gasteiger partial charge in [-0.2, -0.15) is 0 Å². The van der Waals surface area contributed by atoms with Gasteiger partial charge in [0.2, 0.25) is 0 Å². The summed E-state index contributed by atoms with van der Waals surface area (Å²) in [7, 11) is 1.72. The zero-order chi connectivity index (χ0) is 20.8. The van der Waals surface area contributed by atoms with E-state index in [1.54, 1.807) is 12.7 Å². The van der Waals surface area contributed by atoms with Crippen LogP contribution in [0, 0.1) is 0 Å². The summed E-state index contributed by atoms with van der Waals surface area (Å²) in [5, 5.41) is 0. The number of nitrogens with zero attached hydrogens (tertiary/aromatic N) is 1. The van der Waals surface area contributed by atoms with Gasteiger partial charge in [-0.25, -0.2) is 4.99 Å². The molecule has 1 aliphatic carbocycles. The molecule has 0 bridgehead atoms. The number of aliphatic imine (C=N–C) groups is 1. The number of nitrogens with one attached hydrogen (secondary N) is 2. The lowest BCUT2D eigenvalue weighted by Crippen LogP contribution is -2.01. The third kappa shape index (κ3) is 4.80. The van der Waals surface area contributed by atoms with Crippen LogP contribution in [-0.4, -0.2) is 22.8 Å². The van der Waals surface area contributed by atoms with Gasteiger partial charge in [0.15, 0.2) is 0 Å². The first-order valence-electron chi connectivity index (χ1n) is 11.7. The van der Waals surface area contributed by atoms with E-state index in [0.29, 0.717) is 5.92 Å². The number of rotatable bonds is 7.